The summed E-state index contributed by atoms with van der Waals surface area (Å²) in [4.78, 5) is 17.6. The van der Waals surface area contributed by atoms with Gasteiger partial charge in [-0.1, -0.05) is 12.1 Å². The van der Waals surface area contributed by atoms with Crippen molar-refractivity contribution in [3.05, 3.63) is 66.1 Å². The molecule has 3 aromatic rings. The van der Waals surface area contributed by atoms with Gasteiger partial charge in [-0.3, -0.25) is 9.78 Å². The number of aromatic nitrogens is 2. The summed E-state index contributed by atoms with van der Waals surface area (Å²) in [7, 11) is 2.14. The van der Waals surface area contributed by atoms with E-state index in [1.165, 1.54) is 16.5 Å². The van der Waals surface area contributed by atoms with Crippen molar-refractivity contribution in [1.29, 1.82) is 0 Å². The van der Waals surface area contributed by atoms with Crippen molar-refractivity contribution in [3.8, 4) is 0 Å². The Hall–Kier alpha value is -2.92. The van der Waals surface area contributed by atoms with Gasteiger partial charge in [-0.25, -0.2) is 0 Å². The van der Waals surface area contributed by atoms with E-state index in [0.29, 0.717) is 0 Å². The van der Waals surface area contributed by atoms with Crippen molar-refractivity contribution >= 4 is 28.6 Å². The van der Waals surface area contributed by atoms with Gasteiger partial charge in [0.05, 0.1) is 12.2 Å². The summed E-state index contributed by atoms with van der Waals surface area (Å²) in [6, 6.07) is 12.1. The quantitative estimate of drug-likeness (QED) is 0.721. The first-order valence-electron chi connectivity index (χ1n) is 8.85. The van der Waals surface area contributed by atoms with Crippen molar-refractivity contribution in [1.82, 2.24) is 14.5 Å². The Kier molecular flexibility index (Phi) is 4.54. The molecule has 0 saturated heterocycles. The highest BCUT2D eigenvalue weighted by Crippen LogP contribution is 2.32. The molecule has 0 radical (unpaired) electrons. The van der Waals surface area contributed by atoms with Crippen molar-refractivity contribution < 1.29 is 4.79 Å². The maximum Gasteiger partial charge on any atom is 0.211 e. The zero-order chi connectivity index (χ0) is 17.9. The zero-order valence-electron chi connectivity index (χ0n) is 14.9. The molecule has 132 valence electrons. The maximum atomic E-state index is 10.8. The fraction of sp³-hybridized carbons (Fsp3) is 0.238. The number of nitrogens with zero attached hydrogens (tertiary/aromatic N) is 3. The van der Waals surface area contributed by atoms with E-state index >= 15 is 0 Å². The normalized spacial score (nSPS) is 15.0. The van der Waals surface area contributed by atoms with Crippen LogP contribution in [0.3, 0.4) is 0 Å². The van der Waals surface area contributed by atoms with Gasteiger partial charge < -0.3 is 14.8 Å². The van der Waals surface area contributed by atoms with Gasteiger partial charge in [0.2, 0.25) is 6.41 Å². The highest BCUT2D eigenvalue weighted by molar-refractivity contribution is 5.96. The van der Waals surface area contributed by atoms with Gasteiger partial charge in [0.15, 0.2) is 0 Å². The van der Waals surface area contributed by atoms with Gasteiger partial charge >= 0.3 is 0 Å². The summed E-state index contributed by atoms with van der Waals surface area (Å²) in [5.41, 5.74) is 5.62. The predicted octanol–water partition coefficient (Wildman–Crippen LogP) is 3.37. The monoisotopic (exact) mass is 346 g/mol. The van der Waals surface area contributed by atoms with Gasteiger partial charge in [0.1, 0.15) is 0 Å². The number of hydrogen-bond donors (Lipinski definition) is 1. The molecule has 1 amide bonds. The number of pyridine rings is 1. The van der Waals surface area contributed by atoms with E-state index in [0.717, 1.165) is 49.4 Å². The van der Waals surface area contributed by atoms with Crippen LogP contribution < -0.4 is 5.32 Å². The number of benzene rings is 1. The second-order valence-electron chi connectivity index (χ2n) is 6.73. The van der Waals surface area contributed by atoms with Gasteiger partial charge in [-0.15, -0.1) is 0 Å². The van der Waals surface area contributed by atoms with E-state index < -0.39 is 0 Å². The number of likely N-dealkylation sites (N-methyl/N-ethyl adjacent to an activating group) is 1. The standard InChI is InChI=1S/C21H22N4O/c1-24-10-7-16(8-11-24)20-14-25(13-18-4-2-3-9-22-18)21-6-5-17(23-15-26)12-19(20)21/h2-7,9,12,14-15H,8,10-11,13H2,1H3,(H,23,26). The van der Waals surface area contributed by atoms with Crippen LogP contribution in [-0.2, 0) is 11.3 Å². The number of amides is 1. The van der Waals surface area contributed by atoms with Crippen LogP contribution in [0.1, 0.15) is 17.7 Å². The molecule has 0 spiro atoms. The van der Waals surface area contributed by atoms with E-state index in [-0.39, 0.29) is 0 Å². The zero-order valence-corrected chi connectivity index (χ0v) is 14.9. The van der Waals surface area contributed by atoms with Crippen LogP contribution in [0.15, 0.2) is 54.9 Å². The van der Waals surface area contributed by atoms with Crippen molar-refractivity contribution in [2.45, 2.75) is 13.0 Å². The summed E-state index contributed by atoms with van der Waals surface area (Å²) in [6.07, 6.45) is 8.11. The third-order valence-electron chi connectivity index (χ3n) is 4.92. The first kappa shape index (κ1) is 16.5. The first-order valence-corrected chi connectivity index (χ1v) is 8.85. The lowest BCUT2D eigenvalue weighted by Gasteiger charge is -2.21. The number of carbonyl (C=O) groups is 1. The third kappa shape index (κ3) is 3.26. The molecule has 0 fully saturated rings. The largest absolute Gasteiger partial charge is 0.341 e. The molecule has 2 aromatic heterocycles. The molecule has 4 rings (SSSR count). The summed E-state index contributed by atoms with van der Waals surface area (Å²) in [5, 5.41) is 3.94. The number of carbonyl (C=O) groups excluding carboxylic acids is 1. The lowest BCUT2D eigenvalue weighted by atomic mass is 9.99. The lowest BCUT2D eigenvalue weighted by Crippen LogP contribution is -2.23. The summed E-state index contributed by atoms with van der Waals surface area (Å²) >= 11 is 0. The van der Waals surface area contributed by atoms with Crippen molar-refractivity contribution in [2.24, 2.45) is 0 Å². The highest BCUT2D eigenvalue weighted by Gasteiger charge is 2.16. The average molecular weight is 346 g/mol. The fourth-order valence-electron chi connectivity index (χ4n) is 3.52. The fourth-order valence-corrected chi connectivity index (χ4v) is 3.52. The van der Waals surface area contributed by atoms with Crippen LogP contribution in [0.5, 0.6) is 0 Å². The number of rotatable bonds is 5. The molecular formula is C21H22N4O. The molecular weight excluding hydrogens is 324 g/mol. The molecule has 0 unspecified atom stereocenters. The Bertz CT molecular complexity index is 959. The minimum Gasteiger partial charge on any atom is -0.341 e. The third-order valence-corrected chi connectivity index (χ3v) is 4.92. The second-order valence-corrected chi connectivity index (χ2v) is 6.73. The number of fused-ring (bicyclic) bond motifs is 1. The summed E-state index contributed by atoms with van der Waals surface area (Å²) < 4.78 is 2.25. The van der Waals surface area contributed by atoms with Crippen molar-refractivity contribution in [3.63, 3.8) is 0 Å². The summed E-state index contributed by atoms with van der Waals surface area (Å²) in [5.74, 6) is 0. The lowest BCUT2D eigenvalue weighted by molar-refractivity contribution is -0.105. The maximum absolute atomic E-state index is 10.8. The van der Waals surface area contributed by atoms with E-state index in [4.69, 9.17) is 0 Å². The van der Waals surface area contributed by atoms with E-state index in [2.05, 4.69) is 51.2 Å². The minimum atomic E-state index is 0.723. The van der Waals surface area contributed by atoms with Crippen LogP contribution in [0.25, 0.3) is 16.5 Å². The molecule has 0 aliphatic carbocycles. The molecule has 5 heteroatoms. The number of anilines is 1. The average Bonchev–Trinajstić information content (AvgIpc) is 3.01. The minimum absolute atomic E-state index is 0.723. The Morgan fingerprint density at radius 2 is 2.19 bits per heavy atom. The molecule has 5 nitrogen and oxygen atoms in total. The highest BCUT2D eigenvalue weighted by atomic mass is 16.1. The Labute approximate surface area is 153 Å². The molecule has 1 aliphatic rings. The Morgan fingerprint density at radius 1 is 1.27 bits per heavy atom. The molecule has 26 heavy (non-hydrogen) atoms. The van der Waals surface area contributed by atoms with Gasteiger partial charge in [-0.2, -0.15) is 0 Å². The first-order chi connectivity index (χ1) is 12.7. The van der Waals surface area contributed by atoms with Crippen LogP contribution >= 0.6 is 0 Å². The summed E-state index contributed by atoms with van der Waals surface area (Å²) in [6.45, 7) is 2.75. The topological polar surface area (TPSA) is 50.2 Å². The van der Waals surface area contributed by atoms with E-state index in [9.17, 15) is 4.79 Å². The van der Waals surface area contributed by atoms with Crippen LogP contribution in [0.2, 0.25) is 0 Å². The molecule has 0 atom stereocenters. The van der Waals surface area contributed by atoms with Gasteiger partial charge in [0, 0.05) is 47.6 Å². The van der Waals surface area contributed by atoms with Crippen LogP contribution in [0.4, 0.5) is 5.69 Å². The number of nitrogens with one attached hydrogen (secondary N) is 1. The molecule has 3 heterocycles. The molecule has 1 aliphatic heterocycles. The van der Waals surface area contributed by atoms with Crippen molar-refractivity contribution in [2.75, 3.05) is 25.5 Å². The second kappa shape index (κ2) is 7.14. The number of hydrogen-bond acceptors (Lipinski definition) is 3. The Balaban J connectivity index is 1.81. The van der Waals surface area contributed by atoms with Gasteiger partial charge in [0.25, 0.3) is 0 Å². The van der Waals surface area contributed by atoms with Crippen LogP contribution in [0, 0.1) is 0 Å². The van der Waals surface area contributed by atoms with E-state index in [1.807, 2.05) is 30.5 Å². The Morgan fingerprint density at radius 3 is 2.92 bits per heavy atom. The molecule has 0 bridgehead atoms. The molecule has 1 N–H and O–H groups in total. The predicted molar refractivity (Wildman–Crippen MR) is 105 cm³/mol. The molecule has 1 aromatic carbocycles. The van der Waals surface area contributed by atoms with E-state index in [1.54, 1.807) is 0 Å². The SMILES string of the molecule is CN1CC=C(c2cn(Cc3ccccn3)c3ccc(NC=O)cc23)CC1. The van der Waals surface area contributed by atoms with Crippen LogP contribution in [-0.4, -0.2) is 41.0 Å². The smallest absolute Gasteiger partial charge is 0.211 e. The van der Waals surface area contributed by atoms with Gasteiger partial charge in [-0.05, 0) is 49.4 Å². The molecule has 0 saturated carbocycles.